The van der Waals surface area contributed by atoms with Crippen molar-refractivity contribution >= 4 is 44.8 Å². The number of hydrogen-bond acceptors (Lipinski definition) is 4. The minimum Gasteiger partial charge on any atom is -0.396 e. The zero-order valence-electron chi connectivity index (χ0n) is 12.8. The van der Waals surface area contributed by atoms with Crippen molar-refractivity contribution < 1.29 is 18.3 Å². The predicted molar refractivity (Wildman–Crippen MR) is 91.7 cm³/mol. The molecule has 1 fully saturated rings. The van der Waals surface area contributed by atoms with Gasteiger partial charge in [-0.2, -0.15) is 4.31 Å². The summed E-state index contributed by atoms with van der Waals surface area (Å²) in [5.41, 5.74) is 0.655. The number of nitrogens with one attached hydrogen (secondary N) is 1. The van der Waals surface area contributed by atoms with Crippen LogP contribution in [-0.4, -0.2) is 42.9 Å². The average molecular weight is 393 g/mol. The van der Waals surface area contributed by atoms with Crippen molar-refractivity contribution in [1.82, 2.24) is 4.31 Å². The van der Waals surface area contributed by atoms with Gasteiger partial charge in [0.05, 0.1) is 4.90 Å². The summed E-state index contributed by atoms with van der Waals surface area (Å²) < 4.78 is 25.7. The zero-order valence-corrected chi connectivity index (χ0v) is 15.2. The lowest BCUT2D eigenvalue weighted by atomic mass is 10.0. The molecule has 132 valence electrons. The van der Waals surface area contributed by atoms with E-state index in [-0.39, 0.29) is 23.1 Å². The number of benzene rings is 1. The molecule has 0 radical (unpaired) electrons. The van der Waals surface area contributed by atoms with Gasteiger partial charge in [-0.05, 0) is 37.5 Å². The lowest BCUT2D eigenvalue weighted by Gasteiger charge is -2.34. The number of carbonyl (C=O) groups excluding carboxylic acids is 1. The van der Waals surface area contributed by atoms with Crippen LogP contribution in [0.15, 0.2) is 23.1 Å². The molecular weight excluding hydrogens is 375 g/mol. The summed E-state index contributed by atoms with van der Waals surface area (Å²) in [5.74, 6) is -0.591. The number of aliphatic hydroxyl groups is 1. The number of anilines is 1. The fourth-order valence-electron chi connectivity index (χ4n) is 3.24. The Morgan fingerprint density at radius 3 is 2.79 bits per heavy atom. The molecular formula is C15H18Cl2N2O4S. The highest BCUT2D eigenvalue weighted by Gasteiger charge is 2.45. The molecule has 9 heteroatoms. The van der Waals surface area contributed by atoms with E-state index in [1.807, 2.05) is 0 Å². The molecule has 0 aliphatic carbocycles. The Balaban J connectivity index is 1.99. The molecule has 1 atom stereocenters. The second-order valence-electron chi connectivity index (χ2n) is 6.01. The van der Waals surface area contributed by atoms with E-state index in [4.69, 9.17) is 23.2 Å². The first-order valence-electron chi connectivity index (χ1n) is 7.75. The van der Waals surface area contributed by atoms with Gasteiger partial charge in [0.2, 0.25) is 14.4 Å². The summed E-state index contributed by atoms with van der Waals surface area (Å²) in [6.07, 6.45) is 2.84. The highest BCUT2D eigenvalue weighted by molar-refractivity contribution is 7.89. The molecule has 6 nitrogen and oxygen atoms in total. The third kappa shape index (κ3) is 2.93. The molecule has 0 aromatic heterocycles. The zero-order chi connectivity index (χ0) is 17.5. The number of piperidine rings is 1. The maximum Gasteiger partial charge on any atom is 0.265 e. The number of alkyl halides is 2. The highest BCUT2D eigenvalue weighted by atomic mass is 35.5. The topological polar surface area (TPSA) is 86.7 Å². The van der Waals surface area contributed by atoms with Crippen molar-refractivity contribution in [3.63, 3.8) is 0 Å². The molecule has 2 aliphatic heterocycles. The first kappa shape index (κ1) is 17.9. The minimum atomic E-state index is -3.76. The lowest BCUT2D eigenvalue weighted by Crippen LogP contribution is -2.44. The van der Waals surface area contributed by atoms with Gasteiger partial charge in [-0.25, -0.2) is 8.42 Å². The lowest BCUT2D eigenvalue weighted by molar-refractivity contribution is -0.116. The van der Waals surface area contributed by atoms with E-state index in [0.29, 0.717) is 18.7 Å². The average Bonchev–Trinajstić information content (AvgIpc) is 2.77. The maximum absolute atomic E-state index is 13.0. The predicted octanol–water partition coefficient (Wildman–Crippen LogP) is 2.19. The van der Waals surface area contributed by atoms with Crippen molar-refractivity contribution in [2.45, 2.75) is 41.0 Å². The van der Waals surface area contributed by atoms with E-state index in [9.17, 15) is 18.3 Å². The van der Waals surface area contributed by atoms with Crippen LogP contribution in [0.4, 0.5) is 5.69 Å². The fourth-order valence-corrected chi connectivity index (χ4v) is 5.40. The summed E-state index contributed by atoms with van der Waals surface area (Å²) >= 11 is 12.1. The van der Waals surface area contributed by atoms with E-state index in [2.05, 4.69) is 5.32 Å². The Morgan fingerprint density at radius 1 is 1.33 bits per heavy atom. The van der Waals surface area contributed by atoms with Crippen LogP contribution in [0.3, 0.4) is 0 Å². The molecule has 2 heterocycles. The minimum absolute atomic E-state index is 0.0493. The van der Waals surface area contributed by atoms with Gasteiger partial charge >= 0.3 is 0 Å². The number of nitrogens with zero attached hydrogens (tertiary/aromatic N) is 1. The van der Waals surface area contributed by atoms with Crippen LogP contribution in [-0.2, 0) is 19.2 Å². The van der Waals surface area contributed by atoms with Gasteiger partial charge < -0.3 is 10.4 Å². The smallest absolute Gasteiger partial charge is 0.265 e. The molecule has 3 rings (SSSR count). The van der Waals surface area contributed by atoms with Crippen LogP contribution >= 0.6 is 23.2 Å². The SMILES string of the molecule is O=C1Nc2ccc(S(=O)(=O)N3CCCCC3CCO)cc2C1(Cl)Cl. The number of aliphatic hydroxyl groups excluding tert-OH is 1. The molecule has 0 saturated carbocycles. The molecule has 0 bridgehead atoms. The number of sulfonamides is 1. The van der Waals surface area contributed by atoms with Gasteiger partial charge in [-0.15, -0.1) is 0 Å². The molecule has 1 amide bonds. The van der Waals surface area contributed by atoms with Gasteiger partial charge in [-0.3, -0.25) is 4.79 Å². The fraction of sp³-hybridized carbons (Fsp3) is 0.533. The van der Waals surface area contributed by atoms with E-state index in [1.165, 1.54) is 22.5 Å². The summed E-state index contributed by atoms with van der Waals surface area (Å²) in [7, 11) is -3.76. The molecule has 24 heavy (non-hydrogen) atoms. The Morgan fingerprint density at radius 2 is 2.08 bits per heavy atom. The maximum atomic E-state index is 13.0. The number of hydrogen-bond donors (Lipinski definition) is 2. The van der Waals surface area contributed by atoms with E-state index in [1.54, 1.807) is 0 Å². The van der Waals surface area contributed by atoms with Crippen LogP contribution in [0.2, 0.25) is 0 Å². The molecule has 2 N–H and O–H groups in total. The first-order chi connectivity index (χ1) is 11.3. The van der Waals surface area contributed by atoms with Crippen LogP contribution in [0, 0.1) is 0 Å². The van der Waals surface area contributed by atoms with Gasteiger partial charge in [0, 0.05) is 30.4 Å². The third-order valence-electron chi connectivity index (χ3n) is 4.50. The monoisotopic (exact) mass is 392 g/mol. The molecule has 0 spiro atoms. The molecule has 1 unspecified atom stereocenters. The second-order valence-corrected chi connectivity index (χ2v) is 9.23. The number of halogens is 2. The van der Waals surface area contributed by atoms with Crippen LogP contribution in [0.1, 0.15) is 31.2 Å². The summed E-state index contributed by atoms with van der Waals surface area (Å²) in [6, 6.07) is 4.07. The quantitative estimate of drug-likeness (QED) is 0.768. The summed E-state index contributed by atoms with van der Waals surface area (Å²) in [5, 5.41) is 11.7. The number of fused-ring (bicyclic) bond motifs is 1. The first-order valence-corrected chi connectivity index (χ1v) is 9.94. The van der Waals surface area contributed by atoms with Gasteiger partial charge in [0.15, 0.2) is 0 Å². The molecule has 2 aliphatic rings. The van der Waals surface area contributed by atoms with Crippen molar-refractivity contribution in [1.29, 1.82) is 0 Å². The van der Waals surface area contributed by atoms with E-state index in [0.717, 1.165) is 19.3 Å². The molecule has 1 aromatic carbocycles. The Bertz CT molecular complexity index is 765. The summed E-state index contributed by atoms with van der Waals surface area (Å²) in [6.45, 7) is 0.347. The Hall–Kier alpha value is -0.860. The van der Waals surface area contributed by atoms with Gasteiger partial charge in [0.1, 0.15) is 0 Å². The largest absolute Gasteiger partial charge is 0.396 e. The second kappa shape index (κ2) is 6.46. The highest BCUT2D eigenvalue weighted by Crippen LogP contribution is 2.45. The summed E-state index contributed by atoms with van der Waals surface area (Å²) in [4.78, 5) is 11.8. The van der Waals surface area contributed by atoms with E-state index < -0.39 is 20.3 Å². The standard InChI is InChI=1S/C15H18Cl2N2O4S/c16-15(17)12-9-11(4-5-13(12)18-14(15)21)24(22,23)19-7-2-1-3-10(19)6-8-20/h4-5,9-10,20H,1-3,6-8H2,(H,18,21). The van der Waals surface area contributed by atoms with Crippen LogP contribution in [0.25, 0.3) is 0 Å². The molecule has 1 aromatic rings. The Kier molecular flexibility index (Phi) is 4.83. The number of rotatable bonds is 4. The third-order valence-corrected chi connectivity index (χ3v) is 7.20. The van der Waals surface area contributed by atoms with Gasteiger partial charge in [0.25, 0.3) is 5.91 Å². The molecule has 1 saturated heterocycles. The number of amides is 1. The van der Waals surface area contributed by atoms with Crippen LogP contribution in [0.5, 0.6) is 0 Å². The van der Waals surface area contributed by atoms with E-state index >= 15 is 0 Å². The Labute approximate surface area is 150 Å². The number of carbonyl (C=O) groups is 1. The van der Waals surface area contributed by atoms with Crippen molar-refractivity contribution in [3.05, 3.63) is 23.8 Å². The van der Waals surface area contributed by atoms with Gasteiger partial charge in [-0.1, -0.05) is 29.6 Å². The van der Waals surface area contributed by atoms with Crippen LogP contribution < -0.4 is 5.32 Å². The normalized spacial score (nSPS) is 23.8. The van der Waals surface area contributed by atoms with Crippen molar-refractivity contribution in [3.8, 4) is 0 Å². The van der Waals surface area contributed by atoms with Crippen molar-refractivity contribution in [2.75, 3.05) is 18.5 Å². The van der Waals surface area contributed by atoms with Crippen molar-refractivity contribution in [2.24, 2.45) is 0 Å².